The van der Waals surface area contributed by atoms with Crippen molar-refractivity contribution in [1.29, 1.82) is 0 Å². The van der Waals surface area contributed by atoms with Gasteiger partial charge in [-0.1, -0.05) is 35.9 Å². The fourth-order valence-corrected chi connectivity index (χ4v) is 5.11. The van der Waals surface area contributed by atoms with Gasteiger partial charge in [0.25, 0.3) is 0 Å². The van der Waals surface area contributed by atoms with Crippen LogP contribution in [0.15, 0.2) is 47.6 Å². The summed E-state index contributed by atoms with van der Waals surface area (Å²) >= 11 is 0. The fourth-order valence-electron chi connectivity index (χ4n) is 5.11. The third-order valence-corrected chi connectivity index (χ3v) is 5.99. The molecular weight excluding hydrogens is 322 g/mol. The number of ketones is 1. The molecule has 0 aromatic heterocycles. The molecule has 1 N–H and O–H groups in total. The molecule has 136 valence electrons. The normalized spacial score (nSPS) is 28.7. The van der Waals surface area contributed by atoms with E-state index in [0.717, 1.165) is 17.7 Å². The van der Waals surface area contributed by atoms with Crippen molar-refractivity contribution < 1.29 is 9.53 Å². The number of carbonyl (C=O) groups excluding carboxylic acids is 1. The Morgan fingerprint density at radius 2 is 2.08 bits per heavy atom. The van der Waals surface area contributed by atoms with E-state index in [1.807, 2.05) is 12.1 Å². The topological polar surface area (TPSA) is 38.3 Å². The zero-order chi connectivity index (χ0) is 18.6. The molecule has 0 bridgehead atoms. The molecule has 1 aromatic carbocycles. The second kappa shape index (κ2) is 5.95. The monoisotopic (exact) mass is 349 g/mol. The van der Waals surface area contributed by atoms with Crippen molar-refractivity contribution in [3.63, 3.8) is 0 Å². The maximum Gasteiger partial charge on any atom is 0.137 e. The lowest BCUT2D eigenvalue weighted by Crippen LogP contribution is -2.53. The summed E-state index contributed by atoms with van der Waals surface area (Å²) in [4.78, 5) is 12.6. The summed E-state index contributed by atoms with van der Waals surface area (Å²) in [6, 6.07) is 6.39. The molecule has 3 aliphatic rings. The standard InChI is InChI=1S/C23H27NO2/c1-13-12-23(3,4)24-18-10-9-16-21-15(7-6-8-19(21)26-5)11-17(14(2)25)22(16)20(13)18/h6-10,12,17-18,20,24H,11H2,1-5H3. The zero-order valence-corrected chi connectivity index (χ0v) is 16.2. The predicted molar refractivity (Wildman–Crippen MR) is 105 cm³/mol. The van der Waals surface area contributed by atoms with Crippen LogP contribution in [0.2, 0.25) is 0 Å². The smallest absolute Gasteiger partial charge is 0.137 e. The molecule has 1 aliphatic heterocycles. The number of fused-ring (bicyclic) bond motifs is 4. The molecule has 2 aliphatic carbocycles. The number of allylic oxidation sites excluding steroid dienone is 2. The highest BCUT2D eigenvalue weighted by molar-refractivity contribution is 5.93. The fraction of sp³-hybridized carbons (Fsp3) is 0.435. The molecule has 0 radical (unpaired) electrons. The van der Waals surface area contributed by atoms with Crippen LogP contribution in [0.3, 0.4) is 0 Å². The summed E-state index contributed by atoms with van der Waals surface area (Å²) < 4.78 is 5.67. The van der Waals surface area contributed by atoms with Gasteiger partial charge in [-0.05, 0) is 56.9 Å². The van der Waals surface area contributed by atoms with Gasteiger partial charge >= 0.3 is 0 Å². The van der Waals surface area contributed by atoms with E-state index in [0.29, 0.717) is 0 Å². The highest BCUT2D eigenvalue weighted by Crippen LogP contribution is 2.49. The third kappa shape index (κ3) is 2.57. The van der Waals surface area contributed by atoms with Gasteiger partial charge in [-0.2, -0.15) is 0 Å². The molecule has 0 saturated heterocycles. The zero-order valence-electron chi connectivity index (χ0n) is 16.2. The van der Waals surface area contributed by atoms with Gasteiger partial charge in [-0.25, -0.2) is 0 Å². The number of ether oxygens (including phenoxy) is 1. The Morgan fingerprint density at radius 3 is 2.77 bits per heavy atom. The molecule has 1 aromatic rings. The van der Waals surface area contributed by atoms with E-state index in [1.165, 1.54) is 22.3 Å². The number of hydrogen-bond donors (Lipinski definition) is 1. The third-order valence-electron chi connectivity index (χ3n) is 5.99. The lowest BCUT2D eigenvalue weighted by atomic mass is 9.64. The Morgan fingerprint density at radius 1 is 1.31 bits per heavy atom. The minimum atomic E-state index is -0.0616. The molecule has 1 heterocycles. The Hall–Kier alpha value is -2.13. The van der Waals surface area contributed by atoms with Gasteiger partial charge in [-0.3, -0.25) is 4.79 Å². The molecule has 3 heteroatoms. The van der Waals surface area contributed by atoms with E-state index in [4.69, 9.17) is 4.74 Å². The van der Waals surface area contributed by atoms with Crippen molar-refractivity contribution in [2.24, 2.45) is 11.8 Å². The van der Waals surface area contributed by atoms with Gasteiger partial charge < -0.3 is 10.1 Å². The average Bonchev–Trinajstić information content (AvgIpc) is 2.58. The molecule has 0 spiro atoms. The van der Waals surface area contributed by atoms with Crippen LogP contribution in [0.5, 0.6) is 5.75 Å². The minimum Gasteiger partial charge on any atom is -0.496 e. The molecule has 4 rings (SSSR count). The molecular formula is C23H27NO2. The van der Waals surface area contributed by atoms with Gasteiger partial charge in [0.15, 0.2) is 0 Å². The lowest BCUT2D eigenvalue weighted by molar-refractivity contribution is -0.119. The first-order chi connectivity index (χ1) is 12.3. The Bertz CT molecular complexity index is 872. The van der Waals surface area contributed by atoms with E-state index < -0.39 is 0 Å². The lowest BCUT2D eigenvalue weighted by Gasteiger charge is -2.45. The van der Waals surface area contributed by atoms with Gasteiger partial charge in [0.1, 0.15) is 11.5 Å². The molecule has 3 nitrogen and oxygen atoms in total. The van der Waals surface area contributed by atoms with Gasteiger partial charge in [0, 0.05) is 29.0 Å². The van der Waals surface area contributed by atoms with E-state index >= 15 is 0 Å². The van der Waals surface area contributed by atoms with Crippen molar-refractivity contribution in [3.05, 3.63) is 58.7 Å². The summed E-state index contributed by atoms with van der Waals surface area (Å²) in [5, 5.41) is 3.73. The number of methoxy groups -OCH3 is 1. The van der Waals surface area contributed by atoms with Crippen LogP contribution in [0.1, 0.15) is 38.8 Å². The number of Topliss-reactive ketones (excluding diaryl/α,β-unsaturated/α-hetero) is 1. The van der Waals surface area contributed by atoms with Crippen LogP contribution in [0, 0.1) is 11.8 Å². The maximum atomic E-state index is 12.6. The molecule has 3 unspecified atom stereocenters. The molecule has 26 heavy (non-hydrogen) atoms. The highest BCUT2D eigenvalue weighted by atomic mass is 16.5. The molecule has 3 atom stereocenters. The van der Waals surface area contributed by atoms with Crippen molar-refractivity contribution in [3.8, 4) is 5.75 Å². The van der Waals surface area contributed by atoms with Gasteiger partial charge in [-0.15, -0.1) is 0 Å². The molecule has 0 fully saturated rings. The van der Waals surface area contributed by atoms with Crippen LogP contribution < -0.4 is 10.1 Å². The van der Waals surface area contributed by atoms with E-state index in [-0.39, 0.29) is 29.2 Å². The highest BCUT2D eigenvalue weighted by Gasteiger charge is 2.43. The van der Waals surface area contributed by atoms with E-state index in [9.17, 15) is 4.79 Å². The largest absolute Gasteiger partial charge is 0.496 e. The summed E-state index contributed by atoms with van der Waals surface area (Å²) in [7, 11) is 1.72. The molecule has 0 saturated carbocycles. The van der Waals surface area contributed by atoms with Crippen LogP contribution in [-0.4, -0.2) is 24.5 Å². The van der Waals surface area contributed by atoms with Gasteiger partial charge in [0.05, 0.1) is 7.11 Å². The van der Waals surface area contributed by atoms with Crippen LogP contribution >= 0.6 is 0 Å². The SMILES string of the molecule is COc1cccc2c1C1=C(C(C(C)=O)C2)C2C(C)=CC(C)(C)NC2C=C1. The van der Waals surface area contributed by atoms with E-state index in [1.54, 1.807) is 14.0 Å². The summed E-state index contributed by atoms with van der Waals surface area (Å²) in [5.74, 6) is 1.31. The number of hydrogen-bond acceptors (Lipinski definition) is 3. The Balaban J connectivity index is 1.96. The average molecular weight is 349 g/mol. The Labute approximate surface area is 155 Å². The van der Waals surface area contributed by atoms with Crippen molar-refractivity contribution in [2.75, 3.05) is 7.11 Å². The summed E-state index contributed by atoms with van der Waals surface area (Å²) in [5.41, 5.74) is 6.12. The predicted octanol–water partition coefficient (Wildman–Crippen LogP) is 4.09. The van der Waals surface area contributed by atoms with Crippen molar-refractivity contribution >= 4 is 11.4 Å². The number of benzene rings is 1. The van der Waals surface area contributed by atoms with E-state index in [2.05, 4.69) is 50.4 Å². The van der Waals surface area contributed by atoms with Crippen LogP contribution in [0.4, 0.5) is 0 Å². The molecule has 0 amide bonds. The maximum absolute atomic E-state index is 12.6. The first kappa shape index (κ1) is 17.3. The number of rotatable bonds is 2. The minimum absolute atomic E-state index is 0.0381. The van der Waals surface area contributed by atoms with Crippen LogP contribution in [0.25, 0.3) is 5.57 Å². The summed E-state index contributed by atoms with van der Waals surface area (Å²) in [6.45, 7) is 8.34. The van der Waals surface area contributed by atoms with Crippen molar-refractivity contribution in [2.45, 2.75) is 45.7 Å². The second-order valence-corrected chi connectivity index (χ2v) is 8.35. The number of carbonyl (C=O) groups is 1. The first-order valence-corrected chi connectivity index (χ1v) is 9.38. The van der Waals surface area contributed by atoms with Crippen molar-refractivity contribution in [1.82, 2.24) is 5.32 Å². The first-order valence-electron chi connectivity index (χ1n) is 9.38. The number of nitrogens with one attached hydrogen (secondary N) is 1. The quantitative estimate of drug-likeness (QED) is 0.817. The Kier molecular flexibility index (Phi) is 3.96. The second-order valence-electron chi connectivity index (χ2n) is 8.35. The summed E-state index contributed by atoms with van der Waals surface area (Å²) in [6.07, 6.45) is 7.54. The van der Waals surface area contributed by atoms with Gasteiger partial charge in [0.2, 0.25) is 0 Å². The van der Waals surface area contributed by atoms with Crippen LogP contribution in [-0.2, 0) is 11.2 Å².